The second-order valence-corrected chi connectivity index (χ2v) is 9.63. The van der Waals surface area contributed by atoms with Gasteiger partial charge in [0.15, 0.2) is 5.78 Å². The van der Waals surface area contributed by atoms with Crippen molar-refractivity contribution < 1.29 is 9.18 Å². The Balaban J connectivity index is 1.52. The molecule has 0 radical (unpaired) electrons. The summed E-state index contributed by atoms with van der Waals surface area (Å²) < 4.78 is 15.8. The predicted octanol–water partition coefficient (Wildman–Crippen LogP) is 4.76. The Labute approximate surface area is 184 Å². The van der Waals surface area contributed by atoms with Gasteiger partial charge in [0.05, 0.1) is 0 Å². The summed E-state index contributed by atoms with van der Waals surface area (Å²) in [5, 5.41) is 8.57. The number of fused-ring (bicyclic) bond motifs is 1. The number of nitrogens with zero attached hydrogens (tertiary/aromatic N) is 4. The molecule has 0 saturated carbocycles. The number of ketones is 1. The smallest absolute Gasteiger partial charge is 0.227 e. The van der Waals surface area contributed by atoms with Crippen molar-refractivity contribution in [3.63, 3.8) is 0 Å². The molecule has 0 amide bonds. The molecule has 1 aliphatic heterocycles. The van der Waals surface area contributed by atoms with Gasteiger partial charge in [0.1, 0.15) is 11.9 Å². The predicted molar refractivity (Wildman–Crippen MR) is 117 cm³/mol. The fraction of sp³-hybridized carbons (Fsp3) is 0.304. The summed E-state index contributed by atoms with van der Waals surface area (Å²) in [7, 11) is 0. The fourth-order valence-corrected chi connectivity index (χ4v) is 5.07. The van der Waals surface area contributed by atoms with Crippen molar-refractivity contribution in [2.24, 2.45) is 5.41 Å². The van der Waals surface area contributed by atoms with Gasteiger partial charge >= 0.3 is 0 Å². The average molecular weight is 436 g/mol. The number of carbonyl (C=O) groups excluding carboxylic acids is 1. The van der Waals surface area contributed by atoms with Crippen molar-refractivity contribution in [1.29, 1.82) is 0 Å². The molecular weight excluding hydrogens is 413 g/mol. The van der Waals surface area contributed by atoms with Crippen molar-refractivity contribution in [2.45, 2.75) is 43.6 Å². The molecule has 6 nitrogen and oxygen atoms in total. The van der Waals surface area contributed by atoms with Crippen molar-refractivity contribution in [2.75, 3.05) is 5.32 Å². The van der Waals surface area contributed by atoms with Gasteiger partial charge in [0.25, 0.3) is 0 Å². The normalized spacial score (nSPS) is 19.6. The minimum absolute atomic E-state index is 0.118. The first-order valence-corrected chi connectivity index (χ1v) is 11.2. The number of hydrogen-bond donors (Lipinski definition) is 1. The first-order chi connectivity index (χ1) is 14.9. The Morgan fingerprint density at radius 3 is 2.84 bits per heavy atom. The summed E-state index contributed by atoms with van der Waals surface area (Å²) in [4.78, 5) is 22.1. The van der Waals surface area contributed by atoms with Crippen LogP contribution in [0.4, 0.5) is 10.3 Å². The standard InChI is InChI=1S/C23H22FN5OS/c1-23(2)10-17-19(18(30)11-23)20(14-7-5-9-25-12-14)29-21(26-17)27-22(28-29)31-13-15-6-3-4-8-16(15)24/h3-9,12,20H,10-11,13H2,1-2H3,(H,26,27,28). The lowest BCUT2D eigenvalue weighted by Gasteiger charge is -2.38. The van der Waals surface area contributed by atoms with Gasteiger partial charge in [-0.25, -0.2) is 9.07 Å². The van der Waals surface area contributed by atoms with Gasteiger partial charge < -0.3 is 5.32 Å². The van der Waals surface area contributed by atoms with Gasteiger partial charge in [-0.2, -0.15) is 4.98 Å². The molecule has 0 fully saturated rings. The van der Waals surface area contributed by atoms with Crippen LogP contribution in [0.5, 0.6) is 0 Å². The van der Waals surface area contributed by atoms with E-state index in [9.17, 15) is 9.18 Å². The molecule has 1 N–H and O–H groups in total. The monoisotopic (exact) mass is 435 g/mol. The van der Waals surface area contributed by atoms with Crippen molar-refractivity contribution in [3.05, 3.63) is 77.0 Å². The summed E-state index contributed by atoms with van der Waals surface area (Å²) in [5.41, 5.74) is 3.01. The molecule has 1 aliphatic carbocycles. The maximum atomic E-state index is 14.0. The highest BCUT2D eigenvalue weighted by Crippen LogP contribution is 2.45. The number of carbonyl (C=O) groups is 1. The van der Waals surface area contributed by atoms with E-state index < -0.39 is 0 Å². The summed E-state index contributed by atoms with van der Waals surface area (Å²) in [5.74, 6) is 0.894. The van der Waals surface area contributed by atoms with E-state index in [2.05, 4.69) is 34.2 Å². The second-order valence-electron chi connectivity index (χ2n) is 8.69. The second kappa shape index (κ2) is 7.60. The number of pyridine rings is 1. The van der Waals surface area contributed by atoms with Crippen LogP contribution < -0.4 is 5.32 Å². The van der Waals surface area contributed by atoms with E-state index in [1.807, 2.05) is 18.2 Å². The zero-order valence-corrected chi connectivity index (χ0v) is 18.1. The van der Waals surface area contributed by atoms with Crippen LogP contribution in [0.15, 0.2) is 65.2 Å². The Morgan fingerprint density at radius 1 is 1.23 bits per heavy atom. The van der Waals surface area contributed by atoms with E-state index in [1.54, 1.807) is 29.2 Å². The number of rotatable bonds is 4. The molecule has 3 aromatic rings. The number of aromatic nitrogens is 4. The van der Waals surface area contributed by atoms with E-state index in [-0.39, 0.29) is 23.1 Å². The summed E-state index contributed by atoms with van der Waals surface area (Å²) in [6.45, 7) is 4.20. The van der Waals surface area contributed by atoms with Crippen molar-refractivity contribution in [3.8, 4) is 0 Å². The lowest BCUT2D eigenvalue weighted by Crippen LogP contribution is -2.36. The van der Waals surface area contributed by atoms with Gasteiger partial charge in [0, 0.05) is 35.8 Å². The van der Waals surface area contributed by atoms with E-state index in [0.717, 1.165) is 23.3 Å². The number of nitrogens with one attached hydrogen (secondary N) is 1. The quantitative estimate of drug-likeness (QED) is 0.596. The maximum absolute atomic E-state index is 14.0. The number of hydrogen-bond acceptors (Lipinski definition) is 6. The molecule has 2 aromatic heterocycles. The maximum Gasteiger partial charge on any atom is 0.227 e. The molecule has 1 aromatic carbocycles. The summed E-state index contributed by atoms with van der Waals surface area (Å²) in [6.07, 6.45) is 4.73. The molecule has 8 heteroatoms. The van der Waals surface area contributed by atoms with Gasteiger partial charge in [0.2, 0.25) is 11.1 Å². The van der Waals surface area contributed by atoms with Crippen LogP contribution in [-0.2, 0) is 10.5 Å². The van der Waals surface area contributed by atoms with Crippen LogP contribution in [0.1, 0.15) is 43.9 Å². The van der Waals surface area contributed by atoms with Crippen LogP contribution in [-0.4, -0.2) is 25.5 Å². The lowest BCUT2D eigenvalue weighted by molar-refractivity contribution is -0.118. The third kappa shape index (κ3) is 3.76. The van der Waals surface area contributed by atoms with E-state index in [1.165, 1.54) is 17.8 Å². The topological polar surface area (TPSA) is 72.7 Å². The Bertz CT molecular complexity index is 1190. The fourth-order valence-electron chi connectivity index (χ4n) is 4.25. The summed E-state index contributed by atoms with van der Waals surface area (Å²) in [6, 6.07) is 10.1. The molecule has 5 rings (SSSR count). The Kier molecular flexibility index (Phi) is 4.89. The number of allylic oxidation sites excluding steroid dienone is 2. The Morgan fingerprint density at radius 2 is 2.06 bits per heavy atom. The van der Waals surface area contributed by atoms with Crippen LogP contribution in [0.3, 0.4) is 0 Å². The first kappa shape index (κ1) is 19.9. The number of thioether (sulfide) groups is 1. The number of halogens is 1. The highest BCUT2D eigenvalue weighted by atomic mass is 32.2. The molecule has 2 aliphatic rings. The molecule has 1 atom stereocenters. The zero-order valence-electron chi connectivity index (χ0n) is 17.3. The molecule has 0 saturated heterocycles. The minimum Gasteiger partial charge on any atom is -0.328 e. The van der Waals surface area contributed by atoms with Crippen LogP contribution >= 0.6 is 11.8 Å². The zero-order chi connectivity index (χ0) is 21.6. The summed E-state index contributed by atoms with van der Waals surface area (Å²) >= 11 is 1.37. The molecule has 0 bridgehead atoms. The highest BCUT2D eigenvalue weighted by Gasteiger charge is 2.41. The highest BCUT2D eigenvalue weighted by molar-refractivity contribution is 7.98. The number of anilines is 1. The molecular formula is C23H22FN5OS. The van der Waals surface area contributed by atoms with Crippen LogP contribution in [0, 0.1) is 11.2 Å². The van der Waals surface area contributed by atoms with Gasteiger partial charge in [-0.1, -0.05) is 49.9 Å². The van der Waals surface area contributed by atoms with E-state index >= 15 is 0 Å². The average Bonchev–Trinajstić information content (AvgIpc) is 3.14. The number of Topliss-reactive ketones (excluding diaryl/α,β-unsaturated/α-hetero) is 1. The van der Waals surface area contributed by atoms with Crippen molar-refractivity contribution in [1.82, 2.24) is 19.7 Å². The molecule has 158 valence electrons. The molecule has 3 heterocycles. The molecule has 0 spiro atoms. The first-order valence-electron chi connectivity index (χ1n) is 10.2. The largest absolute Gasteiger partial charge is 0.328 e. The third-order valence-electron chi connectivity index (χ3n) is 5.63. The van der Waals surface area contributed by atoms with Gasteiger partial charge in [-0.05, 0) is 35.1 Å². The third-order valence-corrected chi connectivity index (χ3v) is 6.51. The lowest BCUT2D eigenvalue weighted by atomic mass is 9.73. The molecule has 1 unspecified atom stereocenters. The Hall–Kier alpha value is -3.00. The van der Waals surface area contributed by atoms with Crippen molar-refractivity contribution >= 4 is 23.5 Å². The van der Waals surface area contributed by atoms with Gasteiger partial charge in [-0.15, -0.1) is 5.10 Å². The van der Waals surface area contributed by atoms with Crippen LogP contribution in [0.25, 0.3) is 0 Å². The van der Waals surface area contributed by atoms with Gasteiger partial charge in [-0.3, -0.25) is 9.78 Å². The SMILES string of the molecule is CC1(C)CC(=O)C2=C(C1)Nc1nc(SCc3ccccc3F)nn1C2c1cccnc1. The van der Waals surface area contributed by atoms with E-state index in [4.69, 9.17) is 0 Å². The molecule has 31 heavy (non-hydrogen) atoms. The van der Waals surface area contributed by atoms with E-state index in [0.29, 0.717) is 28.8 Å². The van der Waals surface area contributed by atoms with Crippen LogP contribution in [0.2, 0.25) is 0 Å². The number of benzene rings is 1. The minimum atomic E-state index is -0.376.